The predicted octanol–water partition coefficient (Wildman–Crippen LogP) is 2.15. The van der Waals surface area contributed by atoms with Crippen LogP contribution in [0.15, 0.2) is 54.6 Å². The molecular formula is C25H31N3O5. The summed E-state index contributed by atoms with van der Waals surface area (Å²) in [6, 6.07) is 19.3. The SMILES string of the molecule is O=C(CN1CCN(Cc2ccccc2)CC1)NC1CCCc2ccccc21.O=C(O)C(=O)O. The lowest BCUT2D eigenvalue weighted by Crippen LogP contribution is -2.49. The van der Waals surface area contributed by atoms with Crippen LogP contribution in [0.4, 0.5) is 0 Å². The highest BCUT2D eigenvalue weighted by Crippen LogP contribution is 2.29. The third-order valence-electron chi connectivity index (χ3n) is 5.97. The van der Waals surface area contributed by atoms with Crippen molar-refractivity contribution in [2.45, 2.75) is 31.8 Å². The molecule has 4 rings (SSSR count). The Morgan fingerprint density at radius 3 is 2.12 bits per heavy atom. The number of fused-ring (bicyclic) bond motifs is 1. The summed E-state index contributed by atoms with van der Waals surface area (Å²) >= 11 is 0. The van der Waals surface area contributed by atoms with Gasteiger partial charge in [-0.15, -0.1) is 0 Å². The van der Waals surface area contributed by atoms with Crippen LogP contribution in [0.1, 0.15) is 35.6 Å². The molecule has 0 radical (unpaired) electrons. The Hall–Kier alpha value is -3.23. The van der Waals surface area contributed by atoms with Gasteiger partial charge in [0.25, 0.3) is 0 Å². The molecule has 1 saturated heterocycles. The number of aryl methyl sites for hydroxylation is 1. The first-order chi connectivity index (χ1) is 15.9. The standard InChI is InChI=1S/C23H29N3O.C2H2O4/c27-23(24-22-12-6-10-20-9-4-5-11-21(20)22)18-26-15-13-25(14-16-26)17-19-7-2-1-3-8-19;3-1(4)2(5)6/h1-5,7-9,11,22H,6,10,12-18H2,(H,24,27);(H,3,4)(H,5,6). The van der Waals surface area contributed by atoms with Crippen molar-refractivity contribution in [1.82, 2.24) is 15.1 Å². The molecule has 1 heterocycles. The van der Waals surface area contributed by atoms with Gasteiger partial charge < -0.3 is 15.5 Å². The van der Waals surface area contributed by atoms with E-state index < -0.39 is 11.9 Å². The lowest BCUT2D eigenvalue weighted by Gasteiger charge is -2.35. The summed E-state index contributed by atoms with van der Waals surface area (Å²) in [5, 5.41) is 18.1. The average molecular weight is 454 g/mol. The van der Waals surface area contributed by atoms with Crippen molar-refractivity contribution in [3.05, 3.63) is 71.3 Å². The van der Waals surface area contributed by atoms with Crippen LogP contribution in [0.25, 0.3) is 0 Å². The Kier molecular flexibility index (Phi) is 8.97. The molecule has 1 fully saturated rings. The smallest absolute Gasteiger partial charge is 0.414 e. The monoisotopic (exact) mass is 453 g/mol. The maximum atomic E-state index is 12.6. The zero-order valence-electron chi connectivity index (χ0n) is 18.7. The Morgan fingerprint density at radius 1 is 0.848 bits per heavy atom. The largest absolute Gasteiger partial charge is 0.473 e. The second kappa shape index (κ2) is 12.1. The van der Waals surface area contributed by atoms with Crippen LogP contribution >= 0.6 is 0 Å². The Labute approximate surface area is 193 Å². The number of aliphatic carboxylic acids is 2. The van der Waals surface area contributed by atoms with Crippen molar-refractivity contribution in [1.29, 1.82) is 0 Å². The molecule has 2 aliphatic rings. The van der Waals surface area contributed by atoms with Crippen LogP contribution in [0.3, 0.4) is 0 Å². The Bertz CT molecular complexity index is 930. The molecule has 176 valence electrons. The third-order valence-corrected chi connectivity index (χ3v) is 5.97. The number of benzene rings is 2. The summed E-state index contributed by atoms with van der Waals surface area (Å²) in [4.78, 5) is 35.6. The van der Waals surface area contributed by atoms with E-state index in [1.165, 1.54) is 16.7 Å². The van der Waals surface area contributed by atoms with Crippen LogP contribution < -0.4 is 5.32 Å². The Morgan fingerprint density at radius 2 is 1.45 bits per heavy atom. The van der Waals surface area contributed by atoms with Crippen molar-refractivity contribution in [2.75, 3.05) is 32.7 Å². The van der Waals surface area contributed by atoms with Gasteiger partial charge in [-0.1, -0.05) is 54.6 Å². The van der Waals surface area contributed by atoms with E-state index in [4.69, 9.17) is 19.8 Å². The average Bonchev–Trinajstić information content (AvgIpc) is 2.82. The van der Waals surface area contributed by atoms with Crippen molar-refractivity contribution in [3.8, 4) is 0 Å². The third kappa shape index (κ3) is 7.69. The molecule has 0 aromatic heterocycles. The fraction of sp³-hybridized carbons (Fsp3) is 0.400. The first-order valence-electron chi connectivity index (χ1n) is 11.2. The molecule has 33 heavy (non-hydrogen) atoms. The second-order valence-electron chi connectivity index (χ2n) is 8.36. The summed E-state index contributed by atoms with van der Waals surface area (Å²) in [5.41, 5.74) is 4.06. The zero-order valence-corrected chi connectivity index (χ0v) is 18.7. The van der Waals surface area contributed by atoms with E-state index in [-0.39, 0.29) is 11.9 Å². The minimum atomic E-state index is -1.82. The fourth-order valence-electron chi connectivity index (χ4n) is 4.29. The van der Waals surface area contributed by atoms with Gasteiger partial charge in [0.05, 0.1) is 12.6 Å². The number of amides is 1. The quantitative estimate of drug-likeness (QED) is 0.595. The van der Waals surface area contributed by atoms with E-state index in [0.717, 1.165) is 52.0 Å². The van der Waals surface area contributed by atoms with Crippen molar-refractivity contribution >= 4 is 17.8 Å². The number of carboxylic acid groups (broad SMARTS) is 2. The molecule has 3 N–H and O–H groups in total. The molecule has 1 atom stereocenters. The first-order valence-corrected chi connectivity index (χ1v) is 11.2. The highest BCUT2D eigenvalue weighted by molar-refractivity contribution is 6.27. The number of nitrogens with zero attached hydrogens (tertiary/aromatic N) is 2. The minimum absolute atomic E-state index is 0.160. The summed E-state index contributed by atoms with van der Waals surface area (Å²) in [7, 11) is 0. The van der Waals surface area contributed by atoms with Gasteiger partial charge in [-0.3, -0.25) is 14.6 Å². The van der Waals surface area contributed by atoms with E-state index in [0.29, 0.717) is 6.54 Å². The van der Waals surface area contributed by atoms with Gasteiger partial charge in [-0.2, -0.15) is 0 Å². The summed E-state index contributed by atoms with van der Waals surface area (Å²) in [6.07, 6.45) is 3.33. The van der Waals surface area contributed by atoms with Crippen LogP contribution in [0, 0.1) is 0 Å². The number of hydrogen-bond acceptors (Lipinski definition) is 5. The molecular weight excluding hydrogens is 422 g/mol. The molecule has 1 amide bonds. The molecule has 2 aromatic rings. The molecule has 1 aliphatic heterocycles. The van der Waals surface area contributed by atoms with Gasteiger partial charge in [0.2, 0.25) is 5.91 Å². The number of carboxylic acids is 2. The highest BCUT2D eigenvalue weighted by Gasteiger charge is 2.23. The van der Waals surface area contributed by atoms with E-state index in [1.807, 2.05) is 0 Å². The van der Waals surface area contributed by atoms with E-state index >= 15 is 0 Å². The van der Waals surface area contributed by atoms with Gasteiger partial charge in [-0.05, 0) is 36.0 Å². The number of nitrogens with one attached hydrogen (secondary N) is 1. The lowest BCUT2D eigenvalue weighted by molar-refractivity contribution is -0.159. The van der Waals surface area contributed by atoms with Gasteiger partial charge in [-0.25, -0.2) is 9.59 Å². The van der Waals surface area contributed by atoms with Crippen molar-refractivity contribution in [3.63, 3.8) is 0 Å². The Balaban J connectivity index is 0.000000454. The maximum Gasteiger partial charge on any atom is 0.414 e. The first kappa shape index (κ1) is 24.4. The number of carbonyl (C=O) groups excluding carboxylic acids is 1. The fourth-order valence-corrected chi connectivity index (χ4v) is 4.29. The molecule has 0 saturated carbocycles. The van der Waals surface area contributed by atoms with Crippen molar-refractivity contribution < 1.29 is 24.6 Å². The highest BCUT2D eigenvalue weighted by atomic mass is 16.4. The normalized spacial score (nSPS) is 18.4. The van der Waals surface area contributed by atoms with Gasteiger partial charge in [0.1, 0.15) is 0 Å². The number of rotatable bonds is 5. The number of hydrogen-bond donors (Lipinski definition) is 3. The maximum absolute atomic E-state index is 12.6. The van der Waals surface area contributed by atoms with Gasteiger partial charge in [0, 0.05) is 32.7 Å². The molecule has 1 unspecified atom stereocenters. The summed E-state index contributed by atoms with van der Waals surface area (Å²) < 4.78 is 0. The minimum Gasteiger partial charge on any atom is -0.473 e. The van der Waals surface area contributed by atoms with Crippen LogP contribution in [-0.4, -0.2) is 70.6 Å². The lowest BCUT2D eigenvalue weighted by atomic mass is 9.88. The van der Waals surface area contributed by atoms with Crippen LogP contribution in [0.2, 0.25) is 0 Å². The van der Waals surface area contributed by atoms with E-state index in [9.17, 15) is 4.79 Å². The molecule has 0 spiro atoms. The summed E-state index contributed by atoms with van der Waals surface area (Å²) in [6.45, 7) is 5.48. The van der Waals surface area contributed by atoms with Crippen LogP contribution in [-0.2, 0) is 27.3 Å². The topological polar surface area (TPSA) is 110 Å². The van der Waals surface area contributed by atoms with Crippen LogP contribution in [0.5, 0.6) is 0 Å². The van der Waals surface area contributed by atoms with Gasteiger partial charge in [0.15, 0.2) is 0 Å². The molecule has 8 heteroatoms. The predicted molar refractivity (Wildman–Crippen MR) is 124 cm³/mol. The molecule has 0 bridgehead atoms. The van der Waals surface area contributed by atoms with Gasteiger partial charge >= 0.3 is 11.9 Å². The summed E-state index contributed by atoms with van der Waals surface area (Å²) in [5.74, 6) is -3.49. The second-order valence-corrected chi connectivity index (χ2v) is 8.36. The zero-order chi connectivity index (χ0) is 23.6. The number of piperazine rings is 1. The molecule has 8 nitrogen and oxygen atoms in total. The van der Waals surface area contributed by atoms with E-state index in [1.54, 1.807) is 0 Å². The molecule has 2 aromatic carbocycles. The van der Waals surface area contributed by atoms with Crippen molar-refractivity contribution in [2.24, 2.45) is 0 Å². The number of carbonyl (C=O) groups is 3. The van der Waals surface area contributed by atoms with E-state index in [2.05, 4.69) is 69.7 Å². The molecule has 1 aliphatic carbocycles.